The van der Waals surface area contributed by atoms with Crippen molar-refractivity contribution in [1.82, 2.24) is 4.90 Å². The van der Waals surface area contributed by atoms with Gasteiger partial charge in [0.15, 0.2) is 0 Å². The van der Waals surface area contributed by atoms with Crippen molar-refractivity contribution in [3.63, 3.8) is 0 Å². The molecule has 1 aromatic rings. The molecule has 0 spiro atoms. The van der Waals surface area contributed by atoms with Crippen LogP contribution in [-0.4, -0.2) is 29.7 Å². The summed E-state index contributed by atoms with van der Waals surface area (Å²) in [5.74, 6) is 2.01. The van der Waals surface area contributed by atoms with Gasteiger partial charge in [0.1, 0.15) is 11.5 Å². The van der Waals surface area contributed by atoms with Gasteiger partial charge in [-0.25, -0.2) is 0 Å². The largest absolute Gasteiger partial charge is 0.507 e. The van der Waals surface area contributed by atoms with Gasteiger partial charge in [0, 0.05) is 18.2 Å². The molecule has 1 aliphatic heterocycles. The minimum Gasteiger partial charge on any atom is -0.507 e. The van der Waals surface area contributed by atoms with Crippen LogP contribution in [0.2, 0.25) is 0 Å². The fourth-order valence-corrected chi connectivity index (χ4v) is 3.02. The summed E-state index contributed by atoms with van der Waals surface area (Å²) < 4.78 is 5.56. The van der Waals surface area contributed by atoms with E-state index in [1.165, 1.54) is 25.7 Å². The number of aromatic hydroxyl groups is 1. The van der Waals surface area contributed by atoms with Gasteiger partial charge in [-0.2, -0.15) is 0 Å². The molecule has 0 aromatic heterocycles. The predicted octanol–water partition coefficient (Wildman–Crippen LogP) is 4.19. The minimum atomic E-state index is 0.361. The lowest BCUT2D eigenvalue weighted by Gasteiger charge is -2.21. The molecule has 0 radical (unpaired) electrons. The molecule has 1 heterocycles. The van der Waals surface area contributed by atoms with E-state index in [0.717, 1.165) is 43.3 Å². The zero-order valence-electron chi connectivity index (χ0n) is 13.5. The van der Waals surface area contributed by atoms with Gasteiger partial charge in [-0.15, -0.1) is 0 Å². The summed E-state index contributed by atoms with van der Waals surface area (Å²) in [6.45, 7) is 8.20. The summed E-state index contributed by atoms with van der Waals surface area (Å²) in [5, 5.41) is 10.2. The topological polar surface area (TPSA) is 32.7 Å². The highest BCUT2D eigenvalue weighted by Crippen LogP contribution is 2.27. The number of phenols is 1. The summed E-state index contributed by atoms with van der Waals surface area (Å²) in [6, 6.07) is 5.72. The fraction of sp³-hybridized carbons (Fsp3) is 0.667. The zero-order chi connectivity index (χ0) is 15.1. The monoisotopic (exact) mass is 291 g/mol. The smallest absolute Gasteiger partial charge is 0.123 e. The van der Waals surface area contributed by atoms with Crippen molar-refractivity contribution in [3.8, 4) is 11.5 Å². The van der Waals surface area contributed by atoms with Gasteiger partial charge >= 0.3 is 0 Å². The van der Waals surface area contributed by atoms with Crippen LogP contribution in [-0.2, 0) is 6.54 Å². The SMILES string of the molecule is CCCOc1ccc(CN2CCCC(CC)CC2)c(O)c1. The van der Waals surface area contributed by atoms with Crippen molar-refractivity contribution in [1.29, 1.82) is 0 Å². The molecule has 1 fully saturated rings. The number of hydrogen-bond donors (Lipinski definition) is 1. The van der Waals surface area contributed by atoms with Crippen molar-refractivity contribution >= 4 is 0 Å². The van der Waals surface area contributed by atoms with Gasteiger partial charge in [0.05, 0.1) is 6.61 Å². The Morgan fingerprint density at radius 1 is 1.24 bits per heavy atom. The van der Waals surface area contributed by atoms with Crippen LogP contribution in [0, 0.1) is 5.92 Å². The number of hydrogen-bond acceptors (Lipinski definition) is 3. The van der Waals surface area contributed by atoms with Crippen LogP contribution in [0.5, 0.6) is 11.5 Å². The summed E-state index contributed by atoms with van der Waals surface area (Å²) in [5.41, 5.74) is 1.01. The lowest BCUT2D eigenvalue weighted by Crippen LogP contribution is -2.24. The molecule has 0 aliphatic carbocycles. The number of ether oxygens (including phenoxy) is 1. The summed E-state index contributed by atoms with van der Waals surface area (Å²) in [4.78, 5) is 2.47. The highest BCUT2D eigenvalue weighted by Gasteiger charge is 2.16. The standard InChI is InChI=1S/C18H29NO2/c1-3-12-21-17-8-7-16(18(20)13-17)14-19-10-5-6-15(4-2)9-11-19/h7-8,13,15,20H,3-6,9-12,14H2,1-2H3. The Morgan fingerprint density at radius 2 is 2.10 bits per heavy atom. The first-order chi connectivity index (χ1) is 10.2. The number of rotatable bonds is 6. The van der Waals surface area contributed by atoms with Crippen molar-refractivity contribution in [2.45, 2.75) is 52.5 Å². The zero-order valence-corrected chi connectivity index (χ0v) is 13.5. The number of nitrogens with zero attached hydrogens (tertiary/aromatic N) is 1. The van der Waals surface area contributed by atoms with Gasteiger partial charge in [0.2, 0.25) is 0 Å². The van der Waals surface area contributed by atoms with Gasteiger partial charge < -0.3 is 9.84 Å². The molecule has 21 heavy (non-hydrogen) atoms. The van der Waals surface area contributed by atoms with Crippen LogP contribution < -0.4 is 4.74 Å². The molecular formula is C18H29NO2. The molecule has 2 rings (SSSR count). The van der Waals surface area contributed by atoms with Crippen molar-refractivity contribution in [2.75, 3.05) is 19.7 Å². The lowest BCUT2D eigenvalue weighted by molar-refractivity contribution is 0.267. The second kappa shape index (κ2) is 8.28. The average molecular weight is 291 g/mol. The molecule has 0 bridgehead atoms. The van der Waals surface area contributed by atoms with E-state index in [4.69, 9.17) is 4.74 Å². The van der Waals surface area contributed by atoms with Crippen LogP contribution in [0.4, 0.5) is 0 Å². The Labute approximate surface area is 128 Å². The third-order valence-corrected chi connectivity index (χ3v) is 4.44. The Balaban J connectivity index is 1.93. The molecule has 1 unspecified atom stereocenters. The van der Waals surface area contributed by atoms with E-state index in [-0.39, 0.29) is 0 Å². The van der Waals surface area contributed by atoms with Crippen LogP contribution in [0.1, 0.15) is 51.5 Å². The molecule has 118 valence electrons. The number of benzene rings is 1. The van der Waals surface area contributed by atoms with E-state index in [2.05, 4.69) is 18.7 Å². The first-order valence-electron chi connectivity index (χ1n) is 8.40. The number of likely N-dealkylation sites (tertiary alicyclic amines) is 1. The Kier molecular flexibility index (Phi) is 6.37. The van der Waals surface area contributed by atoms with Crippen molar-refractivity contribution in [3.05, 3.63) is 23.8 Å². The molecule has 1 aliphatic rings. The quantitative estimate of drug-likeness (QED) is 0.853. The number of phenolic OH excluding ortho intramolecular Hbond substituents is 1. The third-order valence-electron chi connectivity index (χ3n) is 4.44. The van der Waals surface area contributed by atoms with E-state index >= 15 is 0 Å². The summed E-state index contributed by atoms with van der Waals surface area (Å²) in [7, 11) is 0. The van der Waals surface area contributed by atoms with Crippen LogP contribution in [0.3, 0.4) is 0 Å². The van der Waals surface area contributed by atoms with Crippen LogP contribution in [0.25, 0.3) is 0 Å². The average Bonchev–Trinajstić information content (AvgIpc) is 2.72. The molecular weight excluding hydrogens is 262 g/mol. The molecule has 1 N–H and O–H groups in total. The molecule has 0 amide bonds. The Bertz CT molecular complexity index is 433. The Morgan fingerprint density at radius 3 is 2.81 bits per heavy atom. The second-order valence-corrected chi connectivity index (χ2v) is 6.12. The van der Waals surface area contributed by atoms with Crippen LogP contribution in [0.15, 0.2) is 18.2 Å². The first kappa shape index (κ1) is 16.2. The van der Waals surface area contributed by atoms with E-state index < -0.39 is 0 Å². The first-order valence-corrected chi connectivity index (χ1v) is 8.40. The molecule has 1 saturated heterocycles. The van der Waals surface area contributed by atoms with E-state index in [0.29, 0.717) is 12.4 Å². The molecule has 1 atom stereocenters. The Hall–Kier alpha value is -1.22. The maximum atomic E-state index is 10.2. The highest BCUT2D eigenvalue weighted by atomic mass is 16.5. The maximum Gasteiger partial charge on any atom is 0.123 e. The maximum absolute atomic E-state index is 10.2. The summed E-state index contributed by atoms with van der Waals surface area (Å²) >= 11 is 0. The van der Waals surface area contributed by atoms with Gasteiger partial charge in [-0.1, -0.05) is 26.3 Å². The normalized spacial score (nSPS) is 20.2. The highest BCUT2D eigenvalue weighted by molar-refractivity contribution is 5.39. The molecule has 3 nitrogen and oxygen atoms in total. The van der Waals surface area contributed by atoms with E-state index in [9.17, 15) is 5.11 Å². The minimum absolute atomic E-state index is 0.361. The van der Waals surface area contributed by atoms with Gasteiger partial charge in [-0.05, 0) is 50.8 Å². The van der Waals surface area contributed by atoms with E-state index in [1.807, 2.05) is 12.1 Å². The molecule has 0 saturated carbocycles. The summed E-state index contributed by atoms with van der Waals surface area (Å²) in [6.07, 6.45) is 6.19. The van der Waals surface area contributed by atoms with Crippen LogP contribution >= 0.6 is 0 Å². The predicted molar refractivity (Wildman–Crippen MR) is 86.8 cm³/mol. The van der Waals surface area contributed by atoms with Gasteiger partial charge in [0.25, 0.3) is 0 Å². The lowest BCUT2D eigenvalue weighted by atomic mass is 9.98. The molecule has 1 aromatic carbocycles. The third kappa shape index (κ3) is 4.92. The van der Waals surface area contributed by atoms with Crippen molar-refractivity contribution in [2.24, 2.45) is 5.92 Å². The fourth-order valence-electron chi connectivity index (χ4n) is 3.02. The molecule has 3 heteroatoms. The van der Waals surface area contributed by atoms with Crippen molar-refractivity contribution < 1.29 is 9.84 Å². The van der Waals surface area contributed by atoms with Gasteiger partial charge in [-0.3, -0.25) is 4.90 Å². The second-order valence-electron chi connectivity index (χ2n) is 6.12. The van der Waals surface area contributed by atoms with E-state index in [1.54, 1.807) is 6.07 Å².